The highest BCUT2D eigenvalue weighted by molar-refractivity contribution is 6.17. The Labute approximate surface area is 111 Å². The van der Waals surface area contributed by atoms with Gasteiger partial charge >= 0.3 is 0 Å². The number of ketones is 2. The summed E-state index contributed by atoms with van der Waals surface area (Å²) in [6, 6.07) is 5.78. The first kappa shape index (κ1) is 11.8. The Balaban J connectivity index is 1.96. The van der Waals surface area contributed by atoms with Crippen LogP contribution >= 0.6 is 0 Å². The molecule has 3 rings (SSSR count). The summed E-state index contributed by atoms with van der Waals surface area (Å²) in [5.41, 5.74) is 2.69. The van der Waals surface area contributed by atoms with Crippen LogP contribution in [0.2, 0.25) is 0 Å². The highest BCUT2D eigenvalue weighted by atomic mass is 16.2. The Morgan fingerprint density at radius 1 is 1.42 bits per heavy atom. The lowest BCUT2D eigenvalue weighted by Crippen LogP contribution is -2.23. The maximum atomic E-state index is 12.4. The van der Waals surface area contributed by atoms with Gasteiger partial charge in [0, 0.05) is 25.0 Å². The molecule has 2 aromatic rings. The lowest BCUT2D eigenvalue weighted by Gasteiger charge is -2.06. The molecule has 0 saturated heterocycles. The van der Waals surface area contributed by atoms with E-state index in [1.54, 1.807) is 24.0 Å². The van der Waals surface area contributed by atoms with Gasteiger partial charge in [-0.1, -0.05) is 17.7 Å². The summed E-state index contributed by atoms with van der Waals surface area (Å²) in [6.45, 7) is 1.95. The Hall–Kier alpha value is -2.23. The van der Waals surface area contributed by atoms with Crippen LogP contribution in [0.1, 0.15) is 32.1 Å². The predicted octanol–water partition coefficient (Wildman–Crippen LogP) is 1.97. The van der Waals surface area contributed by atoms with E-state index in [-0.39, 0.29) is 11.6 Å². The molecule has 96 valence electrons. The van der Waals surface area contributed by atoms with Crippen molar-refractivity contribution in [3.8, 4) is 0 Å². The van der Waals surface area contributed by atoms with Gasteiger partial charge in [-0.05, 0) is 25.0 Å². The van der Waals surface area contributed by atoms with Crippen LogP contribution in [0.4, 0.5) is 0 Å². The molecule has 1 unspecified atom stereocenters. The quantitative estimate of drug-likeness (QED) is 0.608. The van der Waals surface area contributed by atoms with Crippen LogP contribution in [0, 0.1) is 12.8 Å². The monoisotopic (exact) mass is 254 g/mol. The third-order valence-electron chi connectivity index (χ3n) is 3.63. The van der Waals surface area contributed by atoms with Gasteiger partial charge in [0.2, 0.25) is 5.78 Å². The fourth-order valence-corrected chi connectivity index (χ4v) is 2.57. The second-order valence-corrected chi connectivity index (χ2v) is 5.01. The molecule has 0 radical (unpaired) electrons. The maximum Gasteiger partial charge on any atom is 0.209 e. The molecule has 0 spiro atoms. The first-order chi connectivity index (χ1) is 9.08. The summed E-state index contributed by atoms with van der Waals surface area (Å²) in [5, 5.41) is 0. The van der Waals surface area contributed by atoms with Crippen molar-refractivity contribution in [1.82, 2.24) is 9.55 Å². The van der Waals surface area contributed by atoms with E-state index in [1.807, 2.05) is 25.1 Å². The van der Waals surface area contributed by atoms with Gasteiger partial charge in [-0.3, -0.25) is 9.59 Å². The largest absolute Gasteiger partial charge is 0.332 e. The summed E-state index contributed by atoms with van der Waals surface area (Å²) in [4.78, 5) is 28.8. The minimum Gasteiger partial charge on any atom is -0.332 e. The first-order valence-corrected chi connectivity index (χ1v) is 6.23. The number of carbonyl (C=O) groups is 2. The number of nitrogens with zero attached hydrogens (tertiary/aromatic N) is 2. The fourth-order valence-electron chi connectivity index (χ4n) is 2.57. The summed E-state index contributed by atoms with van der Waals surface area (Å²) < 4.78 is 1.66. The number of imidazole rings is 1. The average Bonchev–Trinajstić information content (AvgIpc) is 2.94. The molecule has 0 N–H and O–H groups in total. The molecular formula is C15H14N2O2. The SMILES string of the molecule is Cc1ccc2c(c1)C(=O)C(C(=O)c1nccn1C)C2. The number of rotatable bonds is 2. The second-order valence-electron chi connectivity index (χ2n) is 5.01. The molecule has 1 aromatic carbocycles. The van der Waals surface area contributed by atoms with Crippen molar-refractivity contribution in [2.24, 2.45) is 13.0 Å². The fraction of sp³-hybridized carbons (Fsp3) is 0.267. The second kappa shape index (κ2) is 4.16. The maximum absolute atomic E-state index is 12.4. The molecule has 1 heterocycles. The Bertz CT molecular complexity index is 685. The van der Waals surface area contributed by atoms with Gasteiger partial charge in [-0.15, -0.1) is 0 Å². The zero-order valence-corrected chi connectivity index (χ0v) is 10.9. The normalized spacial score (nSPS) is 17.6. The van der Waals surface area contributed by atoms with Crippen LogP contribution in [0.3, 0.4) is 0 Å². The molecule has 1 atom stereocenters. The Kier molecular flexibility index (Phi) is 2.59. The van der Waals surface area contributed by atoms with Crippen molar-refractivity contribution in [3.05, 3.63) is 53.1 Å². The number of carbonyl (C=O) groups excluding carboxylic acids is 2. The van der Waals surface area contributed by atoms with Gasteiger partial charge in [-0.25, -0.2) is 4.98 Å². The van der Waals surface area contributed by atoms with Gasteiger partial charge < -0.3 is 4.57 Å². The molecule has 1 aromatic heterocycles. The highest BCUT2D eigenvalue weighted by Gasteiger charge is 2.37. The van der Waals surface area contributed by atoms with Crippen molar-refractivity contribution in [1.29, 1.82) is 0 Å². The minimum atomic E-state index is -0.613. The van der Waals surface area contributed by atoms with E-state index in [4.69, 9.17) is 0 Å². The molecule has 0 bridgehead atoms. The first-order valence-electron chi connectivity index (χ1n) is 6.23. The number of benzene rings is 1. The van der Waals surface area contributed by atoms with Crippen molar-refractivity contribution in [2.45, 2.75) is 13.3 Å². The third-order valence-corrected chi connectivity index (χ3v) is 3.63. The van der Waals surface area contributed by atoms with E-state index in [1.165, 1.54) is 0 Å². The topological polar surface area (TPSA) is 52.0 Å². The molecule has 1 aliphatic carbocycles. The summed E-state index contributed by atoms with van der Waals surface area (Å²) >= 11 is 0. The van der Waals surface area contributed by atoms with Gasteiger partial charge in [0.15, 0.2) is 11.6 Å². The van der Waals surface area contributed by atoms with Crippen LogP contribution in [0.25, 0.3) is 0 Å². The van der Waals surface area contributed by atoms with E-state index >= 15 is 0 Å². The van der Waals surface area contributed by atoms with E-state index in [2.05, 4.69) is 4.98 Å². The molecular weight excluding hydrogens is 240 g/mol. The average molecular weight is 254 g/mol. The van der Waals surface area contributed by atoms with E-state index in [0.717, 1.165) is 11.1 Å². The third kappa shape index (κ3) is 1.80. The zero-order chi connectivity index (χ0) is 13.6. The van der Waals surface area contributed by atoms with Gasteiger partial charge in [0.1, 0.15) is 0 Å². The zero-order valence-electron chi connectivity index (χ0n) is 10.9. The number of Topliss-reactive ketones (excluding diaryl/α,β-unsaturated/α-hetero) is 2. The smallest absolute Gasteiger partial charge is 0.209 e. The van der Waals surface area contributed by atoms with Crippen LogP contribution < -0.4 is 0 Å². The summed E-state index contributed by atoms with van der Waals surface area (Å²) in [6.07, 6.45) is 3.77. The number of hydrogen-bond acceptors (Lipinski definition) is 3. The van der Waals surface area contributed by atoms with Crippen LogP contribution in [0.15, 0.2) is 30.6 Å². The molecule has 4 heteroatoms. The number of fused-ring (bicyclic) bond motifs is 1. The Morgan fingerprint density at radius 3 is 2.89 bits per heavy atom. The lowest BCUT2D eigenvalue weighted by molar-refractivity contribution is 0.0814. The van der Waals surface area contributed by atoms with Crippen molar-refractivity contribution in [3.63, 3.8) is 0 Å². The van der Waals surface area contributed by atoms with Gasteiger partial charge in [-0.2, -0.15) is 0 Å². The summed E-state index contributed by atoms with van der Waals surface area (Å²) in [5.74, 6) is -0.529. The van der Waals surface area contributed by atoms with Gasteiger partial charge in [0.25, 0.3) is 0 Å². The van der Waals surface area contributed by atoms with Crippen molar-refractivity contribution in [2.75, 3.05) is 0 Å². The lowest BCUT2D eigenvalue weighted by atomic mass is 9.99. The van der Waals surface area contributed by atoms with E-state index in [0.29, 0.717) is 17.8 Å². The number of aromatic nitrogens is 2. The molecule has 19 heavy (non-hydrogen) atoms. The number of hydrogen-bond donors (Lipinski definition) is 0. The highest BCUT2D eigenvalue weighted by Crippen LogP contribution is 2.29. The van der Waals surface area contributed by atoms with Crippen LogP contribution in [0.5, 0.6) is 0 Å². The van der Waals surface area contributed by atoms with Crippen LogP contribution in [-0.4, -0.2) is 21.1 Å². The molecule has 0 fully saturated rings. The summed E-state index contributed by atoms with van der Waals surface area (Å²) in [7, 11) is 1.76. The standard InChI is InChI=1S/C15H14N2O2/c1-9-3-4-10-8-12(13(18)11(10)7-9)14(19)15-16-5-6-17(15)2/h3-7,12H,8H2,1-2H3. The molecule has 4 nitrogen and oxygen atoms in total. The minimum absolute atomic E-state index is 0.0771. The predicted molar refractivity (Wildman–Crippen MR) is 70.2 cm³/mol. The number of aryl methyl sites for hydroxylation is 2. The molecule has 0 saturated carbocycles. The van der Waals surface area contributed by atoms with Gasteiger partial charge in [0.05, 0.1) is 5.92 Å². The van der Waals surface area contributed by atoms with Crippen molar-refractivity contribution >= 4 is 11.6 Å². The van der Waals surface area contributed by atoms with Crippen LogP contribution in [-0.2, 0) is 13.5 Å². The molecule has 1 aliphatic rings. The molecule has 0 amide bonds. The van der Waals surface area contributed by atoms with E-state index < -0.39 is 5.92 Å². The molecule has 0 aliphatic heterocycles. The Morgan fingerprint density at radius 2 is 2.21 bits per heavy atom. The van der Waals surface area contributed by atoms with E-state index in [9.17, 15) is 9.59 Å². The van der Waals surface area contributed by atoms with Crippen molar-refractivity contribution < 1.29 is 9.59 Å².